The first-order chi connectivity index (χ1) is 9.03. The second-order valence-corrected chi connectivity index (χ2v) is 5.64. The van der Waals surface area contributed by atoms with E-state index >= 15 is 0 Å². The number of carbonyl (C=O) groups excluding carboxylic acids is 1. The molecule has 0 bridgehead atoms. The van der Waals surface area contributed by atoms with Crippen molar-refractivity contribution in [2.45, 2.75) is 20.4 Å². The average molecular weight is 262 g/mol. The Morgan fingerprint density at radius 2 is 2.21 bits per heavy atom. The lowest BCUT2D eigenvalue weighted by molar-refractivity contribution is -0.139. The lowest BCUT2D eigenvalue weighted by Gasteiger charge is -2.28. The van der Waals surface area contributed by atoms with Gasteiger partial charge in [-0.3, -0.25) is 4.79 Å². The summed E-state index contributed by atoms with van der Waals surface area (Å²) in [5, 5.41) is 3.32. The Balaban J connectivity index is 2.14. The predicted octanol–water partition coefficient (Wildman–Crippen LogP) is 1.65. The molecule has 1 N–H and O–H groups in total. The first-order valence-corrected chi connectivity index (χ1v) is 6.66. The molecule has 0 atom stereocenters. The Kier molecular flexibility index (Phi) is 4.10. The number of carbonyl (C=O) groups is 1. The van der Waals surface area contributed by atoms with Gasteiger partial charge in [0.2, 0.25) is 5.91 Å². The second kappa shape index (κ2) is 5.61. The number of methoxy groups -OCH3 is 1. The minimum atomic E-state index is -0.338. The largest absolute Gasteiger partial charge is 0.497 e. The van der Waals surface area contributed by atoms with Gasteiger partial charge in [0.1, 0.15) is 5.75 Å². The van der Waals surface area contributed by atoms with Crippen molar-refractivity contribution in [1.29, 1.82) is 0 Å². The molecule has 1 aromatic rings. The van der Waals surface area contributed by atoms with Crippen molar-refractivity contribution < 1.29 is 9.53 Å². The van der Waals surface area contributed by atoms with E-state index in [1.807, 2.05) is 43.0 Å². The maximum absolute atomic E-state index is 12.5. The molecule has 1 aliphatic rings. The number of nitrogens with zero attached hydrogens (tertiary/aromatic N) is 1. The molecule has 0 unspecified atom stereocenters. The third kappa shape index (κ3) is 3.26. The third-order valence-electron chi connectivity index (χ3n) is 3.50. The zero-order valence-electron chi connectivity index (χ0n) is 11.9. The van der Waals surface area contributed by atoms with Gasteiger partial charge in [0.05, 0.1) is 12.5 Å². The van der Waals surface area contributed by atoms with Crippen LogP contribution in [0.5, 0.6) is 5.75 Å². The first-order valence-electron chi connectivity index (χ1n) is 6.66. The summed E-state index contributed by atoms with van der Waals surface area (Å²) in [5.41, 5.74) is 0.764. The van der Waals surface area contributed by atoms with E-state index in [-0.39, 0.29) is 11.3 Å². The summed E-state index contributed by atoms with van der Waals surface area (Å²) >= 11 is 0. The molecule has 1 aliphatic heterocycles. The number of amides is 1. The molecule has 0 radical (unpaired) electrons. The molecule has 4 nitrogen and oxygen atoms in total. The first kappa shape index (κ1) is 13.9. The van der Waals surface area contributed by atoms with Crippen LogP contribution in [0.2, 0.25) is 0 Å². The molecule has 1 aromatic carbocycles. The van der Waals surface area contributed by atoms with Gasteiger partial charge in [0.25, 0.3) is 0 Å². The van der Waals surface area contributed by atoms with Gasteiger partial charge in [-0.15, -0.1) is 0 Å². The number of benzene rings is 1. The van der Waals surface area contributed by atoms with Crippen molar-refractivity contribution in [3.63, 3.8) is 0 Å². The van der Waals surface area contributed by atoms with Crippen LogP contribution in [0.25, 0.3) is 0 Å². The maximum Gasteiger partial charge on any atom is 0.229 e. The molecule has 104 valence electrons. The summed E-state index contributed by atoms with van der Waals surface area (Å²) in [5.74, 6) is 1.04. The Labute approximate surface area is 114 Å². The Morgan fingerprint density at radius 3 is 2.95 bits per heavy atom. The van der Waals surface area contributed by atoms with Gasteiger partial charge in [-0.2, -0.15) is 0 Å². The van der Waals surface area contributed by atoms with Crippen LogP contribution in [0, 0.1) is 5.41 Å². The van der Waals surface area contributed by atoms with Gasteiger partial charge in [-0.25, -0.2) is 0 Å². The quantitative estimate of drug-likeness (QED) is 0.900. The topological polar surface area (TPSA) is 41.6 Å². The third-order valence-corrected chi connectivity index (χ3v) is 3.50. The molecule has 1 fully saturated rings. The van der Waals surface area contributed by atoms with Crippen LogP contribution in [0.15, 0.2) is 24.3 Å². The number of ether oxygens (including phenoxy) is 1. The van der Waals surface area contributed by atoms with Gasteiger partial charge >= 0.3 is 0 Å². The highest BCUT2D eigenvalue weighted by Gasteiger charge is 2.33. The number of rotatable bonds is 3. The molecule has 0 saturated carbocycles. The normalized spacial score (nSPS) is 19.1. The van der Waals surface area contributed by atoms with Crippen molar-refractivity contribution in [1.82, 2.24) is 10.2 Å². The summed E-state index contributed by atoms with van der Waals surface area (Å²) < 4.78 is 5.22. The van der Waals surface area contributed by atoms with E-state index in [0.717, 1.165) is 30.9 Å². The lowest BCUT2D eigenvalue weighted by atomic mass is 9.92. The van der Waals surface area contributed by atoms with Crippen LogP contribution >= 0.6 is 0 Å². The Hall–Kier alpha value is -1.55. The fraction of sp³-hybridized carbons (Fsp3) is 0.533. The standard InChI is InChI=1S/C15H22N2O2/c1-15(2)11-16-7-8-17(14(15)18)10-12-5-4-6-13(9-12)19-3/h4-6,9,16H,7-8,10-11H2,1-3H3. The monoisotopic (exact) mass is 262 g/mol. The molecular weight excluding hydrogens is 240 g/mol. The van der Waals surface area contributed by atoms with Crippen molar-refractivity contribution in [3.05, 3.63) is 29.8 Å². The van der Waals surface area contributed by atoms with Crippen molar-refractivity contribution in [2.75, 3.05) is 26.7 Å². The zero-order chi connectivity index (χ0) is 13.9. The molecule has 1 saturated heterocycles. The molecule has 0 aromatic heterocycles. The van der Waals surface area contributed by atoms with Crippen LogP contribution < -0.4 is 10.1 Å². The summed E-state index contributed by atoms with van der Waals surface area (Å²) in [7, 11) is 1.66. The van der Waals surface area contributed by atoms with Crippen LogP contribution in [0.4, 0.5) is 0 Å². The minimum Gasteiger partial charge on any atom is -0.497 e. The smallest absolute Gasteiger partial charge is 0.229 e. The van der Waals surface area contributed by atoms with Crippen LogP contribution in [-0.2, 0) is 11.3 Å². The van der Waals surface area contributed by atoms with Gasteiger partial charge in [0.15, 0.2) is 0 Å². The van der Waals surface area contributed by atoms with Crippen LogP contribution in [0.1, 0.15) is 19.4 Å². The highest BCUT2D eigenvalue weighted by molar-refractivity contribution is 5.82. The fourth-order valence-corrected chi connectivity index (χ4v) is 2.36. The van der Waals surface area contributed by atoms with E-state index in [2.05, 4.69) is 5.32 Å². The van der Waals surface area contributed by atoms with Crippen LogP contribution in [0.3, 0.4) is 0 Å². The van der Waals surface area contributed by atoms with Crippen molar-refractivity contribution in [3.8, 4) is 5.75 Å². The van der Waals surface area contributed by atoms with Crippen molar-refractivity contribution >= 4 is 5.91 Å². The number of hydrogen-bond donors (Lipinski definition) is 1. The summed E-state index contributed by atoms with van der Waals surface area (Å²) in [6.07, 6.45) is 0. The fourth-order valence-electron chi connectivity index (χ4n) is 2.36. The summed E-state index contributed by atoms with van der Waals surface area (Å²) in [6, 6.07) is 7.89. The zero-order valence-corrected chi connectivity index (χ0v) is 11.9. The summed E-state index contributed by atoms with van der Waals surface area (Å²) in [6.45, 7) is 6.96. The molecule has 1 amide bonds. The SMILES string of the molecule is COc1cccc(CN2CCNCC(C)(C)C2=O)c1. The molecule has 2 rings (SSSR count). The molecule has 19 heavy (non-hydrogen) atoms. The lowest BCUT2D eigenvalue weighted by Crippen LogP contribution is -2.41. The molecule has 0 aliphatic carbocycles. The van der Waals surface area contributed by atoms with E-state index in [1.54, 1.807) is 7.11 Å². The number of nitrogens with one attached hydrogen (secondary N) is 1. The predicted molar refractivity (Wildman–Crippen MR) is 75.1 cm³/mol. The average Bonchev–Trinajstić information content (AvgIpc) is 2.52. The van der Waals surface area contributed by atoms with E-state index in [0.29, 0.717) is 6.54 Å². The number of hydrogen-bond acceptors (Lipinski definition) is 3. The van der Waals surface area contributed by atoms with Crippen LogP contribution in [-0.4, -0.2) is 37.6 Å². The van der Waals surface area contributed by atoms with Gasteiger partial charge in [0, 0.05) is 26.2 Å². The summed E-state index contributed by atoms with van der Waals surface area (Å²) in [4.78, 5) is 14.4. The second-order valence-electron chi connectivity index (χ2n) is 5.64. The molecule has 1 heterocycles. The minimum absolute atomic E-state index is 0.209. The Morgan fingerprint density at radius 1 is 1.42 bits per heavy atom. The van der Waals surface area contributed by atoms with Gasteiger partial charge < -0.3 is 15.0 Å². The van der Waals surface area contributed by atoms with Crippen molar-refractivity contribution in [2.24, 2.45) is 5.41 Å². The van der Waals surface area contributed by atoms with E-state index in [1.165, 1.54) is 0 Å². The van der Waals surface area contributed by atoms with Gasteiger partial charge in [-0.05, 0) is 31.5 Å². The Bertz CT molecular complexity index is 457. The highest BCUT2D eigenvalue weighted by atomic mass is 16.5. The van der Waals surface area contributed by atoms with E-state index < -0.39 is 0 Å². The maximum atomic E-state index is 12.5. The van der Waals surface area contributed by atoms with Gasteiger partial charge in [-0.1, -0.05) is 12.1 Å². The van der Waals surface area contributed by atoms with E-state index in [4.69, 9.17) is 4.74 Å². The molecular formula is C15H22N2O2. The highest BCUT2D eigenvalue weighted by Crippen LogP contribution is 2.22. The molecule has 0 spiro atoms. The van der Waals surface area contributed by atoms with E-state index in [9.17, 15) is 4.79 Å². The molecule has 4 heteroatoms.